The molecule has 2 aromatic rings. The average molecular weight is 339 g/mol. The van der Waals surface area contributed by atoms with Crippen LogP contribution >= 0.6 is 0 Å². The molecule has 0 saturated carbocycles. The van der Waals surface area contributed by atoms with Crippen molar-refractivity contribution in [3.8, 4) is 0 Å². The molecule has 0 unspecified atom stereocenters. The Morgan fingerprint density at radius 3 is 1.83 bits per heavy atom. The van der Waals surface area contributed by atoms with Gasteiger partial charge in [-0.2, -0.15) is 26.3 Å². The Bertz CT molecular complexity index is 745. The third kappa shape index (κ3) is 2.53. The third-order valence-corrected chi connectivity index (χ3v) is 3.86. The number of benzene rings is 1. The monoisotopic (exact) mass is 339 g/mol. The number of nitrogens with zero attached hydrogens (tertiary/aromatic N) is 1. The number of alkyl halides is 7. The van der Waals surface area contributed by atoms with Gasteiger partial charge in [0.1, 0.15) is 0 Å². The Morgan fingerprint density at radius 1 is 0.826 bits per heavy atom. The highest BCUT2D eigenvalue weighted by molar-refractivity contribution is 5.84. The van der Waals surface area contributed by atoms with E-state index in [9.17, 15) is 30.7 Å². The highest BCUT2D eigenvalue weighted by Gasteiger charge is 2.73. The lowest BCUT2D eigenvalue weighted by Crippen LogP contribution is -2.50. The van der Waals surface area contributed by atoms with Crippen molar-refractivity contribution in [2.24, 2.45) is 0 Å². The first-order chi connectivity index (χ1) is 10.3. The lowest BCUT2D eigenvalue weighted by Gasteiger charge is -2.31. The van der Waals surface area contributed by atoms with Gasteiger partial charge in [0.05, 0.1) is 5.52 Å². The third-order valence-electron chi connectivity index (χ3n) is 3.86. The van der Waals surface area contributed by atoms with E-state index in [1.165, 1.54) is 6.07 Å². The predicted octanol–water partition coefficient (Wildman–Crippen LogP) is 5.45. The van der Waals surface area contributed by atoms with Crippen LogP contribution in [0.2, 0.25) is 0 Å². The van der Waals surface area contributed by atoms with Crippen molar-refractivity contribution >= 4 is 10.9 Å². The van der Waals surface area contributed by atoms with Crippen LogP contribution in [-0.4, -0.2) is 17.3 Å². The van der Waals surface area contributed by atoms with E-state index in [2.05, 4.69) is 4.98 Å². The van der Waals surface area contributed by atoms with Crippen LogP contribution in [0, 0.1) is 20.8 Å². The Labute approximate surface area is 127 Å². The van der Waals surface area contributed by atoms with E-state index in [1.54, 1.807) is 13.8 Å². The summed E-state index contributed by atoms with van der Waals surface area (Å²) < 4.78 is 91.6. The van der Waals surface area contributed by atoms with Gasteiger partial charge in [-0.3, -0.25) is 4.98 Å². The molecule has 0 aliphatic heterocycles. The first-order valence-electron chi connectivity index (χ1n) is 6.51. The first-order valence-corrected chi connectivity index (χ1v) is 6.51. The molecule has 1 heterocycles. The second kappa shape index (κ2) is 5.07. The highest BCUT2D eigenvalue weighted by Crippen LogP contribution is 2.54. The summed E-state index contributed by atoms with van der Waals surface area (Å²) in [7, 11) is 0. The molecule has 23 heavy (non-hydrogen) atoms. The molecule has 1 aromatic carbocycles. The minimum absolute atomic E-state index is 0.0566. The van der Waals surface area contributed by atoms with Crippen molar-refractivity contribution in [1.82, 2.24) is 4.98 Å². The van der Waals surface area contributed by atoms with Crippen molar-refractivity contribution in [3.05, 3.63) is 40.6 Å². The van der Waals surface area contributed by atoms with Gasteiger partial charge in [0.15, 0.2) is 0 Å². The molecule has 2 rings (SSSR count). The van der Waals surface area contributed by atoms with Gasteiger partial charge in [0, 0.05) is 16.6 Å². The summed E-state index contributed by atoms with van der Waals surface area (Å²) in [6, 6.07) is 2.88. The van der Waals surface area contributed by atoms with E-state index >= 15 is 0 Å². The maximum Gasteiger partial charge on any atom is 0.435 e. The van der Waals surface area contributed by atoms with Crippen LogP contribution in [0.3, 0.4) is 0 Å². The van der Waals surface area contributed by atoms with E-state index in [0.29, 0.717) is 17.3 Å². The van der Waals surface area contributed by atoms with Crippen LogP contribution < -0.4 is 0 Å². The van der Waals surface area contributed by atoms with E-state index in [1.807, 2.05) is 0 Å². The molecule has 0 aliphatic carbocycles. The molecule has 0 amide bonds. The first kappa shape index (κ1) is 17.5. The lowest BCUT2D eigenvalue weighted by molar-refractivity contribution is -0.348. The van der Waals surface area contributed by atoms with Crippen molar-refractivity contribution in [1.29, 1.82) is 0 Å². The molecule has 0 saturated heterocycles. The summed E-state index contributed by atoms with van der Waals surface area (Å²) >= 11 is 0. The number of aromatic nitrogens is 1. The van der Waals surface area contributed by atoms with Crippen LogP contribution in [0.1, 0.15) is 22.4 Å². The summed E-state index contributed by atoms with van der Waals surface area (Å²) in [4.78, 5) is 4.10. The van der Waals surface area contributed by atoms with Gasteiger partial charge >= 0.3 is 18.0 Å². The van der Waals surface area contributed by atoms with Crippen LogP contribution in [0.5, 0.6) is 0 Å². The topological polar surface area (TPSA) is 12.9 Å². The van der Waals surface area contributed by atoms with Gasteiger partial charge in [-0.1, -0.05) is 6.07 Å². The molecule has 8 heteroatoms. The van der Waals surface area contributed by atoms with Crippen LogP contribution in [-0.2, 0) is 5.67 Å². The average Bonchev–Trinajstić information content (AvgIpc) is 2.38. The Balaban J connectivity index is 2.86. The molecule has 0 atom stereocenters. The van der Waals surface area contributed by atoms with E-state index in [0.717, 1.165) is 13.0 Å². The molecule has 126 valence electrons. The number of pyridine rings is 1. The summed E-state index contributed by atoms with van der Waals surface area (Å²) in [6.07, 6.45) is -12.3. The quantitative estimate of drug-likeness (QED) is 0.630. The van der Waals surface area contributed by atoms with Crippen molar-refractivity contribution < 1.29 is 30.7 Å². The number of rotatable bonds is 1. The van der Waals surface area contributed by atoms with Crippen molar-refractivity contribution in [3.63, 3.8) is 0 Å². The van der Waals surface area contributed by atoms with E-state index in [4.69, 9.17) is 0 Å². The molecule has 0 fully saturated rings. The Hall–Kier alpha value is -1.86. The summed E-state index contributed by atoms with van der Waals surface area (Å²) in [5.74, 6) is 0. The van der Waals surface area contributed by atoms with Gasteiger partial charge < -0.3 is 0 Å². The minimum Gasteiger partial charge on any atom is -0.253 e. The van der Waals surface area contributed by atoms with E-state index in [-0.39, 0.29) is 10.9 Å². The van der Waals surface area contributed by atoms with Gasteiger partial charge in [-0.05, 0) is 44.0 Å². The smallest absolute Gasteiger partial charge is 0.253 e. The van der Waals surface area contributed by atoms with Crippen LogP contribution in [0.4, 0.5) is 30.7 Å². The summed E-state index contributed by atoms with van der Waals surface area (Å²) in [5, 5.41) is 0.0566. The molecule has 0 N–H and O–H groups in total. The van der Waals surface area contributed by atoms with Gasteiger partial charge in [-0.15, -0.1) is 0 Å². The fourth-order valence-corrected chi connectivity index (χ4v) is 2.42. The largest absolute Gasteiger partial charge is 0.435 e. The normalized spacial score (nSPS) is 13.7. The predicted molar refractivity (Wildman–Crippen MR) is 70.9 cm³/mol. The van der Waals surface area contributed by atoms with Crippen molar-refractivity contribution in [2.75, 3.05) is 0 Å². The van der Waals surface area contributed by atoms with Crippen LogP contribution in [0.15, 0.2) is 18.2 Å². The molecule has 1 aromatic heterocycles. The molecule has 0 radical (unpaired) electrons. The van der Waals surface area contributed by atoms with E-state index < -0.39 is 29.1 Å². The summed E-state index contributed by atoms with van der Waals surface area (Å²) in [5.41, 5.74) is -5.95. The SMILES string of the molecule is Cc1cc2c(C)c(C(F)(C(F)(F)F)C(F)(F)F)ccc2nc1C. The second-order valence-electron chi connectivity index (χ2n) is 5.35. The zero-order valence-electron chi connectivity index (χ0n) is 12.3. The standard InChI is InChI=1S/C15H12F7N/c1-7-6-10-8(2)11(4-5-12(10)23-9(7)3)13(16,14(17,18)19)15(20,21)22/h4-6H,1-3H3. The fourth-order valence-electron chi connectivity index (χ4n) is 2.42. The number of hydrogen-bond acceptors (Lipinski definition) is 1. The Morgan fingerprint density at radius 2 is 1.35 bits per heavy atom. The molecule has 0 bridgehead atoms. The summed E-state index contributed by atoms with van der Waals surface area (Å²) in [6.45, 7) is 4.30. The minimum atomic E-state index is -6.13. The zero-order valence-corrected chi connectivity index (χ0v) is 12.3. The number of fused-ring (bicyclic) bond motifs is 1. The second-order valence-corrected chi connectivity index (χ2v) is 5.35. The molecule has 0 aliphatic rings. The molecule has 0 spiro atoms. The number of hydrogen-bond donors (Lipinski definition) is 0. The highest BCUT2D eigenvalue weighted by atomic mass is 19.4. The van der Waals surface area contributed by atoms with Crippen molar-refractivity contribution in [2.45, 2.75) is 38.8 Å². The lowest BCUT2D eigenvalue weighted by atomic mass is 9.88. The number of aryl methyl sites for hydroxylation is 3. The van der Waals surface area contributed by atoms with Gasteiger partial charge in [-0.25, -0.2) is 4.39 Å². The molecular weight excluding hydrogens is 327 g/mol. The van der Waals surface area contributed by atoms with Gasteiger partial charge in [0.2, 0.25) is 0 Å². The molecule has 1 nitrogen and oxygen atoms in total. The molecular formula is C15H12F7N. The number of halogens is 7. The maximum atomic E-state index is 14.2. The maximum absolute atomic E-state index is 14.2. The fraction of sp³-hybridized carbons (Fsp3) is 0.400. The van der Waals surface area contributed by atoms with Crippen LogP contribution in [0.25, 0.3) is 10.9 Å². The Kier molecular flexibility index (Phi) is 3.86. The van der Waals surface area contributed by atoms with Gasteiger partial charge in [0.25, 0.3) is 0 Å². The zero-order chi connectivity index (χ0) is 17.8.